The molecule has 1 aromatic carbocycles. The summed E-state index contributed by atoms with van der Waals surface area (Å²) in [5.41, 5.74) is 0.363. The van der Waals surface area contributed by atoms with Crippen molar-refractivity contribution >= 4 is 17.0 Å². The Morgan fingerprint density at radius 1 is 1.31 bits per heavy atom. The molecule has 7 nitrogen and oxygen atoms in total. The molecular formula is C28H45N3O4. The van der Waals surface area contributed by atoms with Gasteiger partial charge in [-0.25, -0.2) is 4.79 Å². The van der Waals surface area contributed by atoms with E-state index in [2.05, 4.69) is 37.5 Å². The number of carbonyl (C=O) groups is 1. The molecule has 2 aromatic rings. The average Bonchev–Trinajstić information content (AvgIpc) is 3.27. The molecule has 1 saturated heterocycles. The van der Waals surface area contributed by atoms with Crippen molar-refractivity contribution < 1.29 is 19.1 Å². The maximum absolute atomic E-state index is 13.0. The summed E-state index contributed by atoms with van der Waals surface area (Å²) in [5.74, 6) is 0.822. The van der Waals surface area contributed by atoms with Gasteiger partial charge in [0.2, 0.25) is 0 Å². The lowest BCUT2D eigenvalue weighted by Gasteiger charge is -2.43. The SMILES string of the molecule is CNCC(C)NC(=O)N1CCC[C@@H]([C@@](O)(CCCCOC)c2cccc3cc(C(C)(C)C)oc23)C1. The number of likely N-dealkylation sites (tertiary alicyclic amines) is 1. The summed E-state index contributed by atoms with van der Waals surface area (Å²) in [5, 5.41) is 19.6. The number of nitrogens with one attached hydrogen (secondary N) is 2. The Morgan fingerprint density at radius 3 is 2.77 bits per heavy atom. The van der Waals surface area contributed by atoms with Crippen LogP contribution in [0.3, 0.4) is 0 Å². The van der Waals surface area contributed by atoms with Crippen molar-refractivity contribution in [1.82, 2.24) is 15.5 Å². The number of methoxy groups -OCH3 is 1. The van der Waals surface area contributed by atoms with Crippen LogP contribution in [0.4, 0.5) is 4.79 Å². The Kier molecular flexibility index (Phi) is 9.24. The summed E-state index contributed by atoms with van der Waals surface area (Å²) in [6.07, 6.45) is 4.02. The standard InChI is InChI=1S/C28H45N3O4/c1-20(18-29-5)30-26(32)31-15-10-12-22(19-31)28(33,14-7-8-16-34-6)23-13-9-11-21-17-24(27(2,3)4)35-25(21)23/h9,11,13,17,20,22,29,33H,7-8,10,12,14-16,18-19H2,1-6H3,(H,30,32)/t20?,22-,28+/m1/s1. The smallest absolute Gasteiger partial charge is 0.317 e. The Bertz CT molecular complexity index is 967. The van der Waals surface area contributed by atoms with Crippen molar-refractivity contribution in [3.8, 4) is 0 Å². The third-order valence-corrected chi connectivity index (χ3v) is 7.17. The Hall–Kier alpha value is -2.09. The lowest BCUT2D eigenvalue weighted by molar-refractivity contribution is -0.0558. The fraction of sp³-hybridized carbons (Fsp3) is 0.679. The molecule has 1 fully saturated rings. The number of urea groups is 1. The zero-order valence-corrected chi connectivity index (χ0v) is 22.4. The molecule has 196 valence electrons. The Labute approximate surface area is 210 Å². The number of unbranched alkanes of at least 4 members (excludes halogenated alkanes) is 1. The molecule has 0 radical (unpaired) electrons. The van der Waals surface area contributed by atoms with Crippen LogP contribution in [0.5, 0.6) is 0 Å². The van der Waals surface area contributed by atoms with Gasteiger partial charge >= 0.3 is 6.03 Å². The van der Waals surface area contributed by atoms with Gasteiger partial charge in [0, 0.05) is 61.7 Å². The van der Waals surface area contributed by atoms with Crippen molar-refractivity contribution in [1.29, 1.82) is 0 Å². The predicted octanol–water partition coefficient (Wildman–Crippen LogP) is 4.76. The van der Waals surface area contributed by atoms with Crippen LogP contribution in [0.25, 0.3) is 11.0 Å². The third kappa shape index (κ3) is 6.57. The lowest BCUT2D eigenvalue weighted by Crippen LogP contribution is -2.53. The molecule has 7 heteroatoms. The van der Waals surface area contributed by atoms with E-state index in [4.69, 9.17) is 9.15 Å². The van der Waals surface area contributed by atoms with Crippen LogP contribution >= 0.6 is 0 Å². The average molecular weight is 488 g/mol. The van der Waals surface area contributed by atoms with Crippen LogP contribution in [-0.2, 0) is 15.8 Å². The number of hydrogen-bond donors (Lipinski definition) is 3. The van der Waals surface area contributed by atoms with Crippen LogP contribution in [0, 0.1) is 5.92 Å². The van der Waals surface area contributed by atoms with Crippen LogP contribution in [0.15, 0.2) is 28.7 Å². The second kappa shape index (κ2) is 11.8. The molecule has 2 heterocycles. The van der Waals surface area contributed by atoms with Crippen LogP contribution < -0.4 is 10.6 Å². The number of nitrogens with zero attached hydrogens (tertiary/aromatic N) is 1. The summed E-state index contributed by atoms with van der Waals surface area (Å²) in [6.45, 7) is 11.0. The quantitative estimate of drug-likeness (QED) is 0.421. The summed E-state index contributed by atoms with van der Waals surface area (Å²) in [6, 6.07) is 8.12. The molecule has 3 atom stereocenters. The maximum Gasteiger partial charge on any atom is 0.317 e. The number of amides is 2. The van der Waals surface area contributed by atoms with Crippen molar-refractivity contribution in [3.05, 3.63) is 35.6 Å². The second-order valence-electron chi connectivity index (χ2n) is 11.2. The first-order valence-electron chi connectivity index (χ1n) is 13.0. The summed E-state index contributed by atoms with van der Waals surface area (Å²) >= 11 is 0. The minimum Gasteiger partial charge on any atom is -0.460 e. The first-order valence-corrected chi connectivity index (χ1v) is 13.0. The van der Waals surface area contributed by atoms with Gasteiger partial charge < -0.3 is 29.8 Å². The first kappa shape index (κ1) is 27.5. The van der Waals surface area contributed by atoms with Gasteiger partial charge in [0.25, 0.3) is 0 Å². The van der Waals surface area contributed by atoms with E-state index in [9.17, 15) is 9.90 Å². The van der Waals surface area contributed by atoms with Crippen molar-refractivity contribution in [3.63, 3.8) is 0 Å². The normalized spacial score (nSPS) is 19.5. The highest BCUT2D eigenvalue weighted by Gasteiger charge is 2.43. The molecule has 0 aliphatic carbocycles. The summed E-state index contributed by atoms with van der Waals surface area (Å²) in [4.78, 5) is 14.9. The first-order chi connectivity index (χ1) is 16.6. The summed E-state index contributed by atoms with van der Waals surface area (Å²) in [7, 11) is 3.58. The highest BCUT2D eigenvalue weighted by molar-refractivity contribution is 5.82. The van der Waals surface area contributed by atoms with E-state index in [-0.39, 0.29) is 23.4 Å². The number of hydrogen-bond acceptors (Lipinski definition) is 5. The topological polar surface area (TPSA) is 87.0 Å². The molecule has 0 spiro atoms. The van der Waals surface area contributed by atoms with E-state index < -0.39 is 5.60 Å². The Balaban J connectivity index is 1.93. The van der Waals surface area contributed by atoms with E-state index in [0.717, 1.165) is 48.0 Å². The zero-order valence-electron chi connectivity index (χ0n) is 22.4. The number of likely N-dealkylation sites (N-methyl/N-ethyl adjacent to an activating group) is 1. The molecule has 35 heavy (non-hydrogen) atoms. The minimum absolute atomic E-state index is 0.0356. The van der Waals surface area contributed by atoms with Gasteiger partial charge in [-0.3, -0.25) is 0 Å². The molecule has 1 aromatic heterocycles. The molecule has 3 N–H and O–H groups in total. The molecule has 0 bridgehead atoms. The molecule has 1 aliphatic heterocycles. The number of benzene rings is 1. The van der Waals surface area contributed by atoms with Gasteiger partial charge in [-0.2, -0.15) is 0 Å². The number of furan rings is 1. The molecular weight excluding hydrogens is 442 g/mol. The zero-order chi connectivity index (χ0) is 25.6. The van der Waals surface area contributed by atoms with Crippen LogP contribution in [0.2, 0.25) is 0 Å². The third-order valence-electron chi connectivity index (χ3n) is 7.17. The largest absolute Gasteiger partial charge is 0.460 e. The summed E-state index contributed by atoms with van der Waals surface area (Å²) < 4.78 is 11.7. The van der Waals surface area contributed by atoms with Crippen LogP contribution in [-0.4, -0.2) is 62.5 Å². The molecule has 2 amide bonds. The molecule has 1 aliphatic rings. The van der Waals surface area contributed by atoms with Gasteiger partial charge in [0.15, 0.2) is 0 Å². The molecule has 3 rings (SSSR count). The number of piperidine rings is 1. The van der Waals surface area contributed by atoms with E-state index in [1.54, 1.807) is 7.11 Å². The van der Waals surface area contributed by atoms with E-state index in [1.165, 1.54) is 0 Å². The van der Waals surface area contributed by atoms with Crippen molar-refractivity contribution in [2.45, 2.75) is 76.9 Å². The van der Waals surface area contributed by atoms with Gasteiger partial charge in [0.1, 0.15) is 11.3 Å². The van der Waals surface area contributed by atoms with E-state index in [0.29, 0.717) is 32.7 Å². The fourth-order valence-electron chi connectivity index (χ4n) is 5.18. The second-order valence-corrected chi connectivity index (χ2v) is 11.2. The van der Waals surface area contributed by atoms with Gasteiger partial charge in [0.05, 0.1) is 5.60 Å². The number of fused-ring (bicyclic) bond motifs is 1. The number of aliphatic hydroxyl groups is 1. The van der Waals surface area contributed by atoms with E-state index >= 15 is 0 Å². The highest BCUT2D eigenvalue weighted by atomic mass is 16.5. The minimum atomic E-state index is -1.10. The number of rotatable bonds is 10. The lowest BCUT2D eigenvalue weighted by atomic mass is 9.73. The molecule has 1 unspecified atom stereocenters. The maximum atomic E-state index is 13.0. The van der Waals surface area contributed by atoms with Gasteiger partial charge in [-0.15, -0.1) is 0 Å². The molecule has 0 saturated carbocycles. The predicted molar refractivity (Wildman–Crippen MR) is 141 cm³/mol. The Morgan fingerprint density at radius 2 is 2.09 bits per heavy atom. The van der Waals surface area contributed by atoms with E-state index in [1.807, 2.05) is 37.1 Å². The monoisotopic (exact) mass is 487 g/mol. The van der Waals surface area contributed by atoms with Crippen molar-refractivity contribution in [2.75, 3.05) is 40.4 Å². The van der Waals surface area contributed by atoms with Gasteiger partial charge in [-0.05, 0) is 52.1 Å². The highest BCUT2D eigenvalue weighted by Crippen LogP contribution is 2.44. The van der Waals surface area contributed by atoms with Gasteiger partial charge in [-0.1, -0.05) is 39.0 Å². The number of para-hydroxylation sites is 1. The number of ether oxygens (including phenoxy) is 1. The van der Waals surface area contributed by atoms with Crippen LogP contribution in [0.1, 0.15) is 71.1 Å². The fourth-order valence-corrected chi connectivity index (χ4v) is 5.18. The van der Waals surface area contributed by atoms with Crippen molar-refractivity contribution in [2.24, 2.45) is 5.92 Å². The number of carbonyl (C=O) groups excluding carboxylic acids is 1.